The highest BCUT2D eigenvalue weighted by atomic mass is 14.9. The Morgan fingerprint density at radius 2 is 1.70 bits per heavy atom. The smallest absolute Gasteiger partial charge is 0.0401 e. The molecule has 1 aromatic heterocycles. The molecule has 0 aliphatic heterocycles. The first kappa shape index (κ1) is 12.7. The molecule has 0 unspecified atom stereocenters. The molecule has 0 atom stereocenters. The molecule has 0 amide bonds. The van der Waals surface area contributed by atoms with Gasteiger partial charge in [0.25, 0.3) is 0 Å². The predicted molar refractivity (Wildman–Crippen MR) is 85.0 cm³/mol. The van der Waals surface area contributed by atoms with Crippen molar-refractivity contribution in [3.8, 4) is 0 Å². The zero-order chi connectivity index (χ0) is 13.9. The third-order valence-electron chi connectivity index (χ3n) is 3.42. The number of benzene rings is 2. The normalized spacial score (nSPS) is 10.7. The van der Waals surface area contributed by atoms with E-state index in [0.29, 0.717) is 0 Å². The predicted octanol–water partition coefficient (Wildman–Crippen LogP) is 4.46. The van der Waals surface area contributed by atoms with Crippen LogP contribution in [0.3, 0.4) is 0 Å². The summed E-state index contributed by atoms with van der Waals surface area (Å²) >= 11 is 0. The first-order chi connectivity index (χ1) is 9.70. The Kier molecular flexibility index (Phi) is 3.38. The second-order valence-electron chi connectivity index (χ2n) is 5.29. The van der Waals surface area contributed by atoms with Gasteiger partial charge in [-0.3, -0.25) is 4.98 Å². The van der Waals surface area contributed by atoms with E-state index in [-0.39, 0.29) is 0 Å². The highest BCUT2D eigenvalue weighted by Crippen LogP contribution is 2.17. The summed E-state index contributed by atoms with van der Waals surface area (Å²) < 4.78 is 0. The standard InChI is InChI=1S/C18H18N2/c1-13-7-14(2)9-18(8-13)20-11-15-3-4-17-12-19-6-5-16(17)10-15/h3-10,12,20H,11H2,1-2H3. The van der Waals surface area contributed by atoms with E-state index < -0.39 is 0 Å². The molecule has 3 aromatic rings. The van der Waals surface area contributed by atoms with E-state index in [1.807, 2.05) is 12.4 Å². The molecular formula is C18H18N2. The van der Waals surface area contributed by atoms with Crippen LogP contribution in [0, 0.1) is 13.8 Å². The fourth-order valence-corrected chi connectivity index (χ4v) is 2.52. The molecule has 0 spiro atoms. The summed E-state index contributed by atoms with van der Waals surface area (Å²) in [4.78, 5) is 4.14. The van der Waals surface area contributed by atoms with E-state index in [4.69, 9.17) is 0 Å². The van der Waals surface area contributed by atoms with Crippen molar-refractivity contribution in [2.24, 2.45) is 0 Å². The van der Waals surface area contributed by atoms with Crippen LogP contribution in [0.15, 0.2) is 54.9 Å². The summed E-state index contributed by atoms with van der Waals surface area (Å²) in [5.74, 6) is 0. The van der Waals surface area contributed by atoms with Crippen LogP contribution in [0.4, 0.5) is 5.69 Å². The van der Waals surface area contributed by atoms with E-state index >= 15 is 0 Å². The molecule has 1 N–H and O–H groups in total. The lowest BCUT2D eigenvalue weighted by molar-refractivity contribution is 1.15. The largest absolute Gasteiger partial charge is 0.381 e. The van der Waals surface area contributed by atoms with Gasteiger partial charge in [0, 0.05) is 30.0 Å². The summed E-state index contributed by atoms with van der Waals surface area (Å²) in [6, 6.07) is 15.1. The maximum absolute atomic E-state index is 4.14. The first-order valence-corrected chi connectivity index (χ1v) is 6.85. The van der Waals surface area contributed by atoms with Crippen LogP contribution in [0.2, 0.25) is 0 Å². The molecule has 3 rings (SSSR count). The quantitative estimate of drug-likeness (QED) is 0.753. The minimum Gasteiger partial charge on any atom is -0.381 e. The molecule has 0 saturated heterocycles. The maximum Gasteiger partial charge on any atom is 0.0401 e. The number of nitrogens with one attached hydrogen (secondary N) is 1. The Hall–Kier alpha value is -2.35. The van der Waals surface area contributed by atoms with Crippen molar-refractivity contribution in [3.05, 3.63) is 71.5 Å². The van der Waals surface area contributed by atoms with Crippen molar-refractivity contribution in [1.82, 2.24) is 4.98 Å². The van der Waals surface area contributed by atoms with Gasteiger partial charge in [-0.2, -0.15) is 0 Å². The van der Waals surface area contributed by atoms with Gasteiger partial charge in [0.15, 0.2) is 0 Å². The van der Waals surface area contributed by atoms with Crippen LogP contribution in [0.25, 0.3) is 10.8 Å². The van der Waals surface area contributed by atoms with E-state index in [0.717, 1.165) is 6.54 Å². The van der Waals surface area contributed by atoms with Gasteiger partial charge < -0.3 is 5.32 Å². The highest BCUT2D eigenvalue weighted by molar-refractivity contribution is 5.82. The van der Waals surface area contributed by atoms with Gasteiger partial charge in [0.2, 0.25) is 0 Å². The van der Waals surface area contributed by atoms with E-state index in [9.17, 15) is 0 Å². The van der Waals surface area contributed by atoms with Crippen LogP contribution in [-0.2, 0) is 6.54 Å². The number of aryl methyl sites for hydroxylation is 2. The number of anilines is 1. The van der Waals surface area contributed by atoms with Crippen LogP contribution < -0.4 is 5.32 Å². The number of rotatable bonds is 3. The van der Waals surface area contributed by atoms with Crippen molar-refractivity contribution in [3.63, 3.8) is 0 Å². The fourth-order valence-electron chi connectivity index (χ4n) is 2.52. The minimum absolute atomic E-state index is 0.834. The number of nitrogens with zero attached hydrogens (tertiary/aromatic N) is 1. The molecule has 2 nitrogen and oxygen atoms in total. The second kappa shape index (κ2) is 5.33. The molecule has 0 aliphatic carbocycles. The Bertz CT molecular complexity index is 727. The average Bonchev–Trinajstić information content (AvgIpc) is 2.44. The van der Waals surface area contributed by atoms with Crippen molar-refractivity contribution in [1.29, 1.82) is 0 Å². The Morgan fingerprint density at radius 3 is 2.50 bits per heavy atom. The van der Waals surface area contributed by atoms with Crippen LogP contribution in [0.1, 0.15) is 16.7 Å². The topological polar surface area (TPSA) is 24.9 Å². The van der Waals surface area contributed by atoms with Gasteiger partial charge in [-0.25, -0.2) is 0 Å². The molecule has 0 radical (unpaired) electrons. The number of aromatic nitrogens is 1. The molecule has 20 heavy (non-hydrogen) atoms. The Balaban J connectivity index is 1.79. The average molecular weight is 262 g/mol. The van der Waals surface area contributed by atoms with Crippen molar-refractivity contribution in [2.75, 3.05) is 5.32 Å². The second-order valence-corrected chi connectivity index (χ2v) is 5.29. The van der Waals surface area contributed by atoms with Gasteiger partial charge in [0.05, 0.1) is 0 Å². The lowest BCUT2D eigenvalue weighted by Gasteiger charge is -2.09. The van der Waals surface area contributed by atoms with E-state index in [2.05, 4.69) is 66.6 Å². The van der Waals surface area contributed by atoms with Crippen LogP contribution in [-0.4, -0.2) is 4.98 Å². The molecule has 2 heteroatoms. The summed E-state index contributed by atoms with van der Waals surface area (Å²) in [7, 11) is 0. The molecular weight excluding hydrogens is 244 g/mol. The third-order valence-corrected chi connectivity index (χ3v) is 3.42. The molecule has 0 saturated carbocycles. The summed E-state index contributed by atoms with van der Waals surface area (Å²) in [6.45, 7) is 5.09. The zero-order valence-corrected chi connectivity index (χ0v) is 11.9. The number of hydrogen-bond acceptors (Lipinski definition) is 2. The maximum atomic E-state index is 4.14. The molecule has 100 valence electrons. The van der Waals surface area contributed by atoms with Crippen LogP contribution >= 0.6 is 0 Å². The minimum atomic E-state index is 0.834. The molecule has 2 aromatic carbocycles. The number of fused-ring (bicyclic) bond motifs is 1. The van der Waals surface area contributed by atoms with Gasteiger partial charge in [-0.1, -0.05) is 18.2 Å². The van der Waals surface area contributed by atoms with Crippen LogP contribution in [0.5, 0.6) is 0 Å². The first-order valence-electron chi connectivity index (χ1n) is 6.85. The van der Waals surface area contributed by atoms with E-state index in [1.54, 1.807) is 0 Å². The molecule has 0 fully saturated rings. The van der Waals surface area contributed by atoms with Crippen molar-refractivity contribution >= 4 is 16.5 Å². The van der Waals surface area contributed by atoms with Gasteiger partial charge in [-0.05, 0) is 60.2 Å². The van der Waals surface area contributed by atoms with E-state index in [1.165, 1.54) is 33.2 Å². The fraction of sp³-hybridized carbons (Fsp3) is 0.167. The SMILES string of the molecule is Cc1cc(C)cc(NCc2ccc3cnccc3c2)c1. The monoisotopic (exact) mass is 262 g/mol. The van der Waals surface area contributed by atoms with Gasteiger partial charge >= 0.3 is 0 Å². The lowest BCUT2D eigenvalue weighted by Crippen LogP contribution is -2.00. The third kappa shape index (κ3) is 2.80. The summed E-state index contributed by atoms with van der Waals surface area (Å²) in [5, 5.41) is 5.91. The molecule has 0 bridgehead atoms. The van der Waals surface area contributed by atoms with Gasteiger partial charge in [0.1, 0.15) is 0 Å². The summed E-state index contributed by atoms with van der Waals surface area (Å²) in [5.41, 5.74) is 5.04. The van der Waals surface area contributed by atoms with Crippen molar-refractivity contribution in [2.45, 2.75) is 20.4 Å². The summed E-state index contributed by atoms with van der Waals surface area (Å²) in [6.07, 6.45) is 3.74. The zero-order valence-electron chi connectivity index (χ0n) is 11.9. The number of hydrogen-bond donors (Lipinski definition) is 1. The highest BCUT2D eigenvalue weighted by Gasteiger charge is 1.98. The van der Waals surface area contributed by atoms with Gasteiger partial charge in [-0.15, -0.1) is 0 Å². The lowest BCUT2D eigenvalue weighted by atomic mass is 10.1. The molecule has 0 aliphatic rings. The Morgan fingerprint density at radius 1 is 0.900 bits per heavy atom. The Labute approximate surface area is 119 Å². The molecule has 1 heterocycles. The number of pyridine rings is 1. The van der Waals surface area contributed by atoms with Crippen molar-refractivity contribution < 1.29 is 0 Å².